The second-order valence-corrected chi connectivity index (χ2v) is 5.22. The van der Waals surface area contributed by atoms with Crippen molar-refractivity contribution >= 4 is 5.91 Å². The minimum absolute atomic E-state index is 0.196. The van der Waals surface area contributed by atoms with E-state index in [0.717, 1.165) is 12.5 Å². The van der Waals surface area contributed by atoms with E-state index in [4.69, 9.17) is 0 Å². The molecule has 0 aliphatic heterocycles. The van der Waals surface area contributed by atoms with Crippen molar-refractivity contribution in [1.29, 1.82) is 0 Å². The maximum Gasteiger partial charge on any atom is 0.223 e. The highest BCUT2D eigenvalue weighted by Gasteiger charge is 2.05. The fraction of sp³-hybridized carbons (Fsp3) is 0.923. The number of rotatable bonds is 8. The maximum absolute atomic E-state index is 11.3. The van der Waals surface area contributed by atoms with Crippen molar-refractivity contribution in [3.05, 3.63) is 0 Å². The molecule has 1 N–H and O–H groups in total. The van der Waals surface area contributed by atoms with Crippen LogP contribution in [0.3, 0.4) is 0 Å². The average molecular weight is 228 g/mol. The van der Waals surface area contributed by atoms with Crippen molar-refractivity contribution in [2.45, 2.75) is 52.5 Å². The number of nitrogens with one attached hydrogen (secondary N) is 1. The molecule has 16 heavy (non-hydrogen) atoms. The maximum atomic E-state index is 11.3. The third-order valence-corrected chi connectivity index (χ3v) is 2.75. The van der Waals surface area contributed by atoms with Gasteiger partial charge in [-0.25, -0.2) is 0 Å². The SMILES string of the molecule is CC(C)CCCC(C)NCCC(=O)N(C)C. The van der Waals surface area contributed by atoms with Crippen LogP contribution in [0.2, 0.25) is 0 Å². The normalized spacial score (nSPS) is 12.9. The van der Waals surface area contributed by atoms with Crippen LogP contribution in [-0.2, 0) is 4.79 Å². The summed E-state index contributed by atoms with van der Waals surface area (Å²) in [6, 6.07) is 0.522. The van der Waals surface area contributed by atoms with E-state index in [2.05, 4.69) is 26.1 Å². The third-order valence-electron chi connectivity index (χ3n) is 2.75. The van der Waals surface area contributed by atoms with E-state index in [-0.39, 0.29) is 5.91 Å². The molecule has 0 aromatic heterocycles. The van der Waals surface area contributed by atoms with Gasteiger partial charge in [-0.05, 0) is 19.3 Å². The minimum atomic E-state index is 0.196. The molecule has 96 valence electrons. The number of carbonyl (C=O) groups excluding carboxylic acids is 1. The summed E-state index contributed by atoms with van der Waals surface area (Å²) in [4.78, 5) is 13.0. The highest BCUT2D eigenvalue weighted by molar-refractivity contribution is 5.75. The fourth-order valence-corrected chi connectivity index (χ4v) is 1.58. The molecule has 0 radical (unpaired) electrons. The first-order valence-electron chi connectivity index (χ1n) is 6.37. The van der Waals surface area contributed by atoms with Crippen LogP contribution in [-0.4, -0.2) is 37.5 Å². The van der Waals surface area contributed by atoms with E-state index >= 15 is 0 Å². The number of carbonyl (C=O) groups is 1. The van der Waals surface area contributed by atoms with Gasteiger partial charge in [0.05, 0.1) is 0 Å². The molecule has 1 atom stereocenters. The molecule has 0 bridgehead atoms. The first kappa shape index (κ1) is 15.4. The summed E-state index contributed by atoms with van der Waals surface area (Å²) >= 11 is 0. The first-order chi connectivity index (χ1) is 7.43. The molecule has 0 heterocycles. The van der Waals surface area contributed by atoms with Crippen molar-refractivity contribution in [3.8, 4) is 0 Å². The Morgan fingerprint density at radius 3 is 2.31 bits per heavy atom. The van der Waals surface area contributed by atoms with Gasteiger partial charge >= 0.3 is 0 Å². The zero-order chi connectivity index (χ0) is 12.6. The molecule has 0 aromatic rings. The lowest BCUT2D eigenvalue weighted by molar-refractivity contribution is -0.128. The van der Waals surface area contributed by atoms with Crippen molar-refractivity contribution < 1.29 is 4.79 Å². The summed E-state index contributed by atoms with van der Waals surface area (Å²) in [6.45, 7) is 7.50. The van der Waals surface area contributed by atoms with E-state index in [1.807, 2.05) is 0 Å². The Bertz CT molecular complexity index is 190. The van der Waals surface area contributed by atoms with E-state index in [1.54, 1.807) is 19.0 Å². The summed E-state index contributed by atoms with van der Waals surface area (Å²) in [6.07, 6.45) is 4.37. The van der Waals surface area contributed by atoms with Crippen LogP contribution in [0.5, 0.6) is 0 Å². The molecule has 0 aliphatic carbocycles. The Balaban J connectivity index is 3.43. The van der Waals surface area contributed by atoms with Crippen molar-refractivity contribution in [2.24, 2.45) is 5.92 Å². The van der Waals surface area contributed by atoms with Gasteiger partial charge in [-0.1, -0.05) is 26.7 Å². The highest BCUT2D eigenvalue weighted by atomic mass is 16.2. The van der Waals surface area contributed by atoms with Gasteiger partial charge < -0.3 is 10.2 Å². The number of amides is 1. The standard InChI is InChI=1S/C13H28N2O/c1-11(2)7-6-8-12(3)14-10-9-13(16)15(4)5/h11-12,14H,6-10H2,1-5H3. The fourth-order valence-electron chi connectivity index (χ4n) is 1.58. The van der Waals surface area contributed by atoms with Crippen LogP contribution in [0.25, 0.3) is 0 Å². The molecule has 0 aromatic carbocycles. The Hall–Kier alpha value is -0.570. The van der Waals surface area contributed by atoms with Gasteiger partial charge in [0.2, 0.25) is 5.91 Å². The zero-order valence-electron chi connectivity index (χ0n) is 11.5. The van der Waals surface area contributed by atoms with Gasteiger partial charge in [-0.3, -0.25) is 4.79 Å². The van der Waals surface area contributed by atoms with Crippen LogP contribution in [0.15, 0.2) is 0 Å². The van der Waals surface area contributed by atoms with Crippen LogP contribution in [0, 0.1) is 5.92 Å². The second kappa shape index (κ2) is 8.57. The summed E-state index contributed by atoms with van der Waals surface area (Å²) in [5.74, 6) is 0.990. The molecule has 0 rings (SSSR count). The second-order valence-electron chi connectivity index (χ2n) is 5.22. The van der Waals surface area contributed by atoms with Crippen LogP contribution in [0.1, 0.15) is 46.5 Å². The van der Waals surface area contributed by atoms with Gasteiger partial charge in [0, 0.05) is 33.1 Å². The lowest BCUT2D eigenvalue weighted by Gasteiger charge is -2.15. The molecule has 1 amide bonds. The third kappa shape index (κ3) is 8.72. The highest BCUT2D eigenvalue weighted by Crippen LogP contribution is 2.08. The van der Waals surface area contributed by atoms with Gasteiger partial charge in [-0.15, -0.1) is 0 Å². The molecule has 0 fully saturated rings. The van der Waals surface area contributed by atoms with Gasteiger partial charge in [0.25, 0.3) is 0 Å². The first-order valence-corrected chi connectivity index (χ1v) is 6.37. The molecule has 0 aliphatic rings. The van der Waals surface area contributed by atoms with Crippen LogP contribution < -0.4 is 5.32 Å². The number of nitrogens with zero attached hydrogens (tertiary/aromatic N) is 1. The molecule has 0 saturated heterocycles. The predicted octanol–water partition coefficient (Wildman–Crippen LogP) is 2.27. The summed E-state index contributed by atoms with van der Waals surface area (Å²) in [7, 11) is 3.60. The Kier molecular flexibility index (Phi) is 8.26. The van der Waals surface area contributed by atoms with Crippen molar-refractivity contribution in [1.82, 2.24) is 10.2 Å². The summed E-state index contributed by atoms with van der Waals surface area (Å²) in [5.41, 5.74) is 0. The monoisotopic (exact) mass is 228 g/mol. The number of hydrogen-bond acceptors (Lipinski definition) is 2. The topological polar surface area (TPSA) is 32.3 Å². The molecular formula is C13H28N2O. The summed E-state index contributed by atoms with van der Waals surface area (Å²) < 4.78 is 0. The molecule has 0 spiro atoms. The minimum Gasteiger partial charge on any atom is -0.349 e. The van der Waals surface area contributed by atoms with Crippen molar-refractivity contribution in [2.75, 3.05) is 20.6 Å². The lowest BCUT2D eigenvalue weighted by atomic mass is 10.0. The zero-order valence-corrected chi connectivity index (χ0v) is 11.5. The van der Waals surface area contributed by atoms with Crippen LogP contribution in [0.4, 0.5) is 0 Å². The molecule has 1 unspecified atom stereocenters. The average Bonchev–Trinajstić information content (AvgIpc) is 2.16. The van der Waals surface area contributed by atoms with E-state index in [9.17, 15) is 4.79 Å². The van der Waals surface area contributed by atoms with Gasteiger partial charge in [0.15, 0.2) is 0 Å². The quantitative estimate of drug-likeness (QED) is 0.691. The molecule has 0 saturated carbocycles. The van der Waals surface area contributed by atoms with E-state index in [0.29, 0.717) is 12.5 Å². The van der Waals surface area contributed by atoms with Gasteiger partial charge in [0.1, 0.15) is 0 Å². The lowest BCUT2D eigenvalue weighted by Crippen LogP contribution is -2.31. The number of hydrogen-bond donors (Lipinski definition) is 1. The summed E-state index contributed by atoms with van der Waals surface area (Å²) in [5, 5.41) is 3.39. The molecule has 3 nitrogen and oxygen atoms in total. The predicted molar refractivity (Wildman–Crippen MR) is 69.5 cm³/mol. The molecular weight excluding hydrogens is 200 g/mol. The van der Waals surface area contributed by atoms with E-state index in [1.165, 1.54) is 19.3 Å². The van der Waals surface area contributed by atoms with Crippen LogP contribution >= 0.6 is 0 Å². The van der Waals surface area contributed by atoms with Gasteiger partial charge in [-0.2, -0.15) is 0 Å². The Morgan fingerprint density at radius 1 is 1.19 bits per heavy atom. The Morgan fingerprint density at radius 2 is 1.81 bits per heavy atom. The van der Waals surface area contributed by atoms with Crippen molar-refractivity contribution in [3.63, 3.8) is 0 Å². The largest absolute Gasteiger partial charge is 0.349 e. The Labute approximate surface area is 101 Å². The smallest absolute Gasteiger partial charge is 0.223 e. The van der Waals surface area contributed by atoms with E-state index < -0.39 is 0 Å². The molecule has 3 heteroatoms.